The van der Waals surface area contributed by atoms with Crippen molar-refractivity contribution in [2.45, 2.75) is 25.8 Å². The number of halogens is 2. The van der Waals surface area contributed by atoms with E-state index < -0.39 is 0 Å². The molecular formula is C16H20BrClN4O. The fraction of sp³-hybridized carbons (Fsp3) is 0.375. The smallest absolute Gasteiger partial charge is 0.276 e. The summed E-state index contributed by atoms with van der Waals surface area (Å²) in [5, 5.41) is 10.7. The van der Waals surface area contributed by atoms with Crippen molar-refractivity contribution >= 4 is 39.9 Å². The van der Waals surface area contributed by atoms with E-state index in [-0.39, 0.29) is 18.3 Å². The Kier molecular flexibility index (Phi) is 6.21. The van der Waals surface area contributed by atoms with E-state index in [4.69, 9.17) is 0 Å². The van der Waals surface area contributed by atoms with E-state index in [0.29, 0.717) is 11.7 Å². The van der Waals surface area contributed by atoms with Gasteiger partial charge in [0.05, 0.1) is 6.04 Å². The lowest BCUT2D eigenvalue weighted by Crippen LogP contribution is -2.32. The van der Waals surface area contributed by atoms with Gasteiger partial charge in [-0.1, -0.05) is 15.9 Å². The maximum absolute atomic E-state index is 12.3. The van der Waals surface area contributed by atoms with Gasteiger partial charge < -0.3 is 10.6 Å². The minimum absolute atomic E-state index is 0. The largest absolute Gasteiger partial charge is 0.320 e. The number of aromatic nitrogens is 2. The Balaban J connectivity index is 0.00000192. The van der Waals surface area contributed by atoms with Crippen molar-refractivity contribution in [2.75, 3.05) is 18.4 Å². The Bertz CT molecular complexity index is 682. The van der Waals surface area contributed by atoms with Gasteiger partial charge in [0, 0.05) is 22.9 Å². The second kappa shape index (κ2) is 7.95. The van der Waals surface area contributed by atoms with Crippen LogP contribution < -0.4 is 10.6 Å². The van der Waals surface area contributed by atoms with Crippen LogP contribution in [-0.4, -0.2) is 28.8 Å². The van der Waals surface area contributed by atoms with Crippen molar-refractivity contribution in [3.05, 3.63) is 46.2 Å². The third-order valence-electron chi connectivity index (χ3n) is 3.92. The maximum atomic E-state index is 12.3. The number of amides is 1. The second-order valence-electron chi connectivity index (χ2n) is 5.59. The van der Waals surface area contributed by atoms with E-state index in [1.807, 2.05) is 36.0 Å². The Morgan fingerprint density at radius 2 is 2.26 bits per heavy atom. The van der Waals surface area contributed by atoms with Crippen LogP contribution in [0.5, 0.6) is 0 Å². The Morgan fingerprint density at radius 3 is 2.96 bits per heavy atom. The van der Waals surface area contributed by atoms with Crippen LogP contribution in [0.1, 0.15) is 34.9 Å². The van der Waals surface area contributed by atoms with Crippen LogP contribution in [0, 0.1) is 6.92 Å². The molecule has 1 aliphatic rings. The first-order valence-electron chi connectivity index (χ1n) is 7.47. The van der Waals surface area contributed by atoms with Gasteiger partial charge >= 0.3 is 0 Å². The summed E-state index contributed by atoms with van der Waals surface area (Å²) >= 11 is 3.42. The quantitative estimate of drug-likeness (QED) is 0.830. The number of carbonyl (C=O) groups is 1. The molecule has 23 heavy (non-hydrogen) atoms. The van der Waals surface area contributed by atoms with Crippen LogP contribution in [0.4, 0.5) is 5.69 Å². The number of anilines is 1. The molecule has 1 aromatic carbocycles. The van der Waals surface area contributed by atoms with Gasteiger partial charge in [-0.15, -0.1) is 12.4 Å². The molecule has 0 aliphatic carbocycles. The van der Waals surface area contributed by atoms with E-state index in [9.17, 15) is 4.79 Å². The summed E-state index contributed by atoms with van der Waals surface area (Å²) in [6, 6.07) is 7.89. The lowest BCUT2D eigenvalue weighted by molar-refractivity contribution is 0.102. The molecule has 124 valence electrons. The number of aryl methyl sites for hydroxylation is 1. The Labute approximate surface area is 150 Å². The molecular weight excluding hydrogens is 380 g/mol. The van der Waals surface area contributed by atoms with Crippen molar-refractivity contribution in [1.82, 2.24) is 15.1 Å². The summed E-state index contributed by atoms with van der Waals surface area (Å²) in [6.07, 6.45) is 4.13. The summed E-state index contributed by atoms with van der Waals surface area (Å²) in [5.74, 6) is -0.173. The van der Waals surface area contributed by atoms with Gasteiger partial charge in [0.1, 0.15) is 0 Å². The monoisotopic (exact) mass is 398 g/mol. The molecule has 7 heteroatoms. The van der Waals surface area contributed by atoms with Gasteiger partial charge in [-0.05, 0) is 56.1 Å². The molecule has 0 radical (unpaired) electrons. The first kappa shape index (κ1) is 18.0. The number of nitrogens with zero attached hydrogens (tertiary/aromatic N) is 2. The third kappa shape index (κ3) is 4.34. The molecule has 1 amide bonds. The van der Waals surface area contributed by atoms with Crippen molar-refractivity contribution < 1.29 is 4.79 Å². The maximum Gasteiger partial charge on any atom is 0.276 e. The predicted molar refractivity (Wildman–Crippen MR) is 97.4 cm³/mol. The van der Waals surface area contributed by atoms with Crippen molar-refractivity contribution in [3.8, 4) is 0 Å². The van der Waals surface area contributed by atoms with E-state index in [0.717, 1.165) is 41.7 Å². The summed E-state index contributed by atoms with van der Waals surface area (Å²) in [5.41, 5.74) is 2.27. The summed E-state index contributed by atoms with van der Waals surface area (Å²) in [4.78, 5) is 12.3. The van der Waals surface area contributed by atoms with Crippen molar-refractivity contribution in [2.24, 2.45) is 0 Å². The molecule has 0 bridgehead atoms. The number of hydrogen-bond acceptors (Lipinski definition) is 3. The zero-order chi connectivity index (χ0) is 15.5. The SMILES string of the molecule is Cc1cc(Br)ccc1NC(=O)c1ccn(C2CCCNC2)n1.Cl. The van der Waals surface area contributed by atoms with E-state index in [1.54, 1.807) is 6.07 Å². The molecule has 3 rings (SSSR count). The highest BCUT2D eigenvalue weighted by Gasteiger charge is 2.18. The molecule has 1 aliphatic heterocycles. The zero-order valence-electron chi connectivity index (χ0n) is 12.9. The lowest BCUT2D eigenvalue weighted by atomic mass is 10.1. The number of nitrogens with one attached hydrogen (secondary N) is 2. The van der Waals surface area contributed by atoms with Crippen LogP contribution in [0.3, 0.4) is 0 Å². The van der Waals surface area contributed by atoms with Crippen LogP contribution in [-0.2, 0) is 0 Å². The fourth-order valence-corrected chi connectivity index (χ4v) is 3.15. The summed E-state index contributed by atoms with van der Waals surface area (Å²) in [6.45, 7) is 3.94. The first-order chi connectivity index (χ1) is 10.6. The minimum atomic E-state index is -0.173. The zero-order valence-corrected chi connectivity index (χ0v) is 15.3. The molecule has 2 N–H and O–H groups in total. The standard InChI is InChI=1S/C16H19BrN4O.ClH/c1-11-9-12(17)4-5-14(11)19-16(22)15-6-8-21(20-15)13-3-2-7-18-10-13;/h4-6,8-9,13,18H,2-3,7,10H2,1H3,(H,19,22);1H. The molecule has 1 unspecified atom stereocenters. The normalized spacial score (nSPS) is 17.4. The van der Waals surface area contributed by atoms with E-state index in [1.165, 1.54) is 0 Å². The molecule has 0 saturated carbocycles. The average Bonchev–Trinajstić information content (AvgIpc) is 3.01. The molecule has 2 heterocycles. The highest BCUT2D eigenvalue weighted by molar-refractivity contribution is 9.10. The highest BCUT2D eigenvalue weighted by atomic mass is 79.9. The minimum Gasteiger partial charge on any atom is -0.320 e. The predicted octanol–water partition coefficient (Wildman–Crippen LogP) is 3.55. The highest BCUT2D eigenvalue weighted by Crippen LogP contribution is 2.21. The van der Waals surface area contributed by atoms with Gasteiger partial charge in [0.15, 0.2) is 5.69 Å². The van der Waals surface area contributed by atoms with Crippen LogP contribution >= 0.6 is 28.3 Å². The average molecular weight is 400 g/mol. The molecule has 1 fully saturated rings. The molecule has 1 aromatic heterocycles. The Morgan fingerprint density at radius 1 is 1.43 bits per heavy atom. The van der Waals surface area contributed by atoms with E-state index in [2.05, 4.69) is 31.7 Å². The van der Waals surface area contributed by atoms with E-state index >= 15 is 0 Å². The van der Waals surface area contributed by atoms with Crippen molar-refractivity contribution in [3.63, 3.8) is 0 Å². The molecule has 1 saturated heterocycles. The van der Waals surface area contributed by atoms with Gasteiger partial charge in [0.2, 0.25) is 0 Å². The number of piperidine rings is 1. The summed E-state index contributed by atoms with van der Waals surface area (Å²) < 4.78 is 2.90. The third-order valence-corrected chi connectivity index (χ3v) is 4.42. The second-order valence-corrected chi connectivity index (χ2v) is 6.51. The molecule has 5 nitrogen and oxygen atoms in total. The van der Waals surface area contributed by atoms with Crippen LogP contribution in [0.15, 0.2) is 34.9 Å². The lowest BCUT2D eigenvalue weighted by Gasteiger charge is -2.22. The number of carbonyl (C=O) groups excluding carboxylic acids is 1. The molecule has 2 aromatic rings. The van der Waals surface area contributed by atoms with Crippen LogP contribution in [0.2, 0.25) is 0 Å². The van der Waals surface area contributed by atoms with Gasteiger partial charge in [-0.2, -0.15) is 5.10 Å². The van der Waals surface area contributed by atoms with Gasteiger partial charge in [-0.3, -0.25) is 9.48 Å². The fourth-order valence-electron chi connectivity index (χ4n) is 2.68. The number of benzene rings is 1. The molecule has 0 spiro atoms. The summed E-state index contributed by atoms with van der Waals surface area (Å²) in [7, 11) is 0. The topological polar surface area (TPSA) is 59.0 Å². The van der Waals surface area contributed by atoms with Crippen molar-refractivity contribution in [1.29, 1.82) is 0 Å². The van der Waals surface area contributed by atoms with Gasteiger partial charge in [0.25, 0.3) is 5.91 Å². The first-order valence-corrected chi connectivity index (χ1v) is 8.26. The Hall–Kier alpha value is -1.37. The van der Waals surface area contributed by atoms with Crippen LogP contribution in [0.25, 0.3) is 0 Å². The van der Waals surface area contributed by atoms with Gasteiger partial charge in [-0.25, -0.2) is 0 Å². The number of hydrogen-bond donors (Lipinski definition) is 2. The molecule has 1 atom stereocenters. The number of rotatable bonds is 3.